The third-order valence-corrected chi connectivity index (χ3v) is 2.95. The third-order valence-electron chi connectivity index (χ3n) is 2.95. The van der Waals surface area contributed by atoms with Crippen LogP contribution in [0.15, 0.2) is 24.3 Å². The van der Waals surface area contributed by atoms with Crippen molar-refractivity contribution in [2.24, 2.45) is 0 Å². The van der Waals surface area contributed by atoms with Gasteiger partial charge in [0.05, 0.1) is 0 Å². The molecule has 0 N–H and O–H groups in total. The van der Waals surface area contributed by atoms with Crippen molar-refractivity contribution in [3.8, 4) is 0 Å². The first-order valence-corrected chi connectivity index (χ1v) is 5.42. The van der Waals surface area contributed by atoms with Crippen molar-refractivity contribution < 1.29 is 13.6 Å². The zero-order valence-electron chi connectivity index (χ0n) is 9.71. The molecule has 1 atom stereocenters. The fourth-order valence-electron chi connectivity index (χ4n) is 2.08. The second-order valence-corrected chi connectivity index (χ2v) is 4.20. The van der Waals surface area contributed by atoms with E-state index in [9.17, 15) is 13.6 Å². The fourth-order valence-corrected chi connectivity index (χ4v) is 2.08. The Hall–Kier alpha value is -1.71. The van der Waals surface area contributed by atoms with E-state index in [-0.39, 0.29) is 17.5 Å². The van der Waals surface area contributed by atoms with Gasteiger partial charge in [0.2, 0.25) is 5.91 Å². The van der Waals surface area contributed by atoms with Crippen LogP contribution in [0, 0.1) is 11.6 Å². The lowest BCUT2D eigenvalue weighted by Gasteiger charge is -2.19. The monoisotopic (exact) mass is 237 g/mol. The van der Waals surface area contributed by atoms with Crippen molar-refractivity contribution in [1.82, 2.24) is 4.90 Å². The number of hydrogen-bond acceptors (Lipinski definition) is 1. The van der Waals surface area contributed by atoms with Crippen LogP contribution in [0.1, 0.15) is 19.4 Å². The molecule has 2 nitrogen and oxygen atoms in total. The molecule has 1 aliphatic rings. The maximum atomic E-state index is 13.6. The fraction of sp³-hybridized carbons (Fsp3) is 0.308. The highest BCUT2D eigenvalue weighted by Gasteiger charge is 2.25. The summed E-state index contributed by atoms with van der Waals surface area (Å²) in [4.78, 5) is 12.9. The number of rotatable bonds is 1. The van der Waals surface area contributed by atoms with Gasteiger partial charge in [-0.25, -0.2) is 8.78 Å². The van der Waals surface area contributed by atoms with E-state index in [0.29, 0.717) is 12.1 Å². The largest absolute Gasteiger partial charge is 0.332 e. The first-order chi connectivity index (χ1) is 7.99. The summed E-state index contributed by atoms with van der Waals surface area (Å²) in [6.07, 6.45) is 1.79. The summed E-state index contributed by atoms with van der Waals surface area (Å²) in [6, 6.07) is 3.27. The molecular weight excluding hydrogens is 224 g/mol. The molecule has 1 aromatic rings. The van der Waals surface area contributed by atoms with Gasteiger partial charge in [-0.15, -0.1) is 0 Å². The van der Waals surface area contributed by atoms with Gasteiger partial charge in [-0.05, 0) is 30.7 Å². The molecule has 1 aromatic carbocycles. The summed E-state index contributed by atoms with van der Waals surface area (Å²) < 4.78 is 26.6. The van der Waals surface area contributed by atoms with Crippen LogP contribution in [0.5, 0.6) is 0 Å². The first-order valence-electron chi connectivity index (χ1n) is 5.42. The van der Waals surface area contributed by atoms with Crippen LogP contribution in [0.4, 0.5) is 8.78 Å². The lowest BCUT2D eigenvalue weighted by Crippen LogP contribution is -2.32. The average molecular weight is 237 g/mol. The standard InChI is InChI=1S/C13H13F2NO/c1-8-5-10(7-16(8)9(2)17)12-6-11(14)3-4-13(12)15/h3-6,8H,7H2,1-2H3. The molecule has 90 valence electrons. The van der Waals surface area contributed by atoms with Gasteiger partial charge >= 0.3 is 0 Å². The topological polar surface area (TPSA) is 20.3 Å². The molecule has 1 heterocycles. The predicted molar refractivity (Wildman–Crippen MR) is 61.2 cm³/mol. The van der Waals surface area contributed by atoms with Crippen molar-refractivity contribution in [1.29, 1.82) is 0 Å². The number of amides is 1. The van der Waals surface area contributed by atoms with Crippen LogP contribution in [-0.4, -0.2) is 23.4 Å². The molecule has 0 saturated heterocycles. The minimum atomic E-state index is -0.476. The minimum Gasteiger partial charge on any atom is -0.332 e. The van der Waals surface area contributed by atoms with E-state index in [1.54, 1.807) is 11.0 Å². The highest BCUT2D eigenvalue weighted by atomic mass is 19.1. The van der Waals surface area contributed by atoms with Gasteiger partial charge in [0.1, 0.15) is 11.6 Å². The van der Waals surface area contributed by atoms with Crippen LogP contribution in [0.25, 0.3) is 5.57 Å². The number of nitrogens with zero attached hydrogens (tertiary/aromatic N) is 1. The predicted octanol–water partition coefficient (Wildman–Crippen LogP) is 2.60. The van der Waals surface area contributed by atoms with E-state index in [1.807, 2.05) is 6.92 Å². The highest BCUT2D eigenvalue weighted by Crippen LogP contribution is 2.27. The Morgan fingerprint density at radius 2 is 2.12 bits per heavy atom. The molecule has 0 fully saturated rings. The Balaban J connectivity index is 2.34. The quantitative estimate of drug-likeness (QED) is 0.735. The van der Waals surface area contributed by atoms with E-state index in [2.05, 4.69) is 0 Å². The van der Waals surface area contributed by atoms with Crippen molar-refractivity contribution in [3.63, 3.8) is 0 Å². The third kappa shape index (κ3) is 2.20. The van der Waals surface area contributed by atoms with E-state index in [4.69, 9.17) is 0 Å². The van der Waals surface area contributed by atoms with Crippen LogP contribution >= 0.6 is 0 Å². The zero-order valence-corrected chi connectivity index (χ0v) is 9.71. The maximum absolute atomic E-state index is 13.6. The summed E-state index contributed by atoms with van der Waals surface area (Å²) >= 11 is 0. The highest BCUT2D eigenvalue weighted by molar-refractivity contribution is 5.81. The molecular formula is C13H13F2NO. The molecule has 0 bridgehead atoms. The molecule has 0 aromatic heterocycles. The summed E-state index contributed by atoms with van der Waals surface area (Å²) in [7, 11) is 0. The summed E-state index contributed by atoms with van der Waals surface area (Å²) in [5.41, 5.74) is 0.894. The Kier molecular flexibility index (Phi) is 2.96. The van der Waals surface area contributed by atoms with Crippen LogP contribution in [-0.2, 0) is 4.79 Å². The van der Waals surface area contributed by atoms with Crippen molar-refractivity contribution >= 4 is 11.5 Å². The number of halogens is 2. The summed E-state index contributed by atoms with van der Waals surface area (Å²) in [5, 5.41) is 0. The van der Waals surface area contributed by atoms with Gasteiger partial charge in [-0.3, -0.25) is 4.79 Å². The molecule has 1 amide bonds. The van der Waals surface area contributed by atoms with Crippen LogP contribution < -0.4 is 0 Å². The van der Waals surface area contributed by atoms with Gasteiger partial charge in [-0.1, -0.05) is 6.08 Å². The van der Waals surface area contributed by atoms with E-state index in [1.165, 1.54) is 6.92 Å². The van der Waals surface area contributed by atoms with E-state index >= 15 is 0 Å². The Morgan fingerprint density at radius 1 is 1.41 bits per heavy atom. The molecule has 1 unspecified atom stereocenters. The smallest absolute Gasteiger partial charge is 0.220 e. The van der Waals surface area contributed by atoms with Crippen molar-refractivity contribution in [2.45, 2.75) is 19.9 Å². The second-order valence-electron chi connectivity index (χ2n) is 4.20. The Morgan fingerprint density at radius 3 is 2.71 bits per heavy atom. The molecule has 4 heteroatoms. The lowest BCUT2D eigenvalue weighted by molar-refractivity contribution is -0.128. The zero-order chi connectivity index (χ0) is 12.6. The lowest BCUT2D eigenvalue weighted by atomic mass is 10.1. The van der Waals surface area contributed by atoms with E-state index < -0.39 is 11.6 Å². The number of benzene rings is 1. The minimum absolute atomic E-state index is 0.0689. The second kappa shape index (κ2) is 4.28. The molecule has 17 heavy (non-hydrogen) atoms. The Labute approximate surface area is 98.5 Å². The van der Waals surface area contributed by atoms with Gasteiger partial charge < -0.3 is 4.90 Å². The number of carbonyl (C=O) groups excluding carboxylic acids is 1. The average Bonchev–Trinajstić information content (AvgIpc) is 2.64. The number of hydrogen-bond donors (Lipinski definition) is 0. The SMILES string of the molecule is CC(=O)N1CC(c2cc(F)ccc2F)=CC1C. The molecule has 0 saturated carbocycles. The van der Waals surface area contributed by atoms with Gasteiger partial charge in [0, 0.05) is 25.1 Å². The van der Waals surface area contributed by atoms with Crippen molar-refractivity contribution in [3.05, 3.63) is 41.5 Å². The molecule has 0 spiro atoms. The first kappa shape index (κ1) is 11.8. The maximum Gasteiger partial charge on any atom is 0.220 e. The summed E-state index contributed by atoms with van der Waals surface area (Å²) in [6.45, 7) is 3.65. The Bertz CT molecular complexity index is 496. The normalized spacial score (nSPS) is 19.4. The molecule has 0 radical (unpaired) electrons. The van der Waals surface area contributed by atoms with Gasteiger partial charge in [0.25, 0.3) is 0 Å². The number of carbonyl (C=O) groups is 1. The van der Waals surface area contributed by atoms with Gasteiger partial charge in [-0.2, -0.15) is 0 Å². The molecule has 0 aliphatic carbocycles. The summed E-state index contributed by atoms with van der Waals surface area (Å²) in [5.74, 6) is -1.01. The van der Waals surface area contributed by atoms with Crippen LogP contribution in [0.3, 0.4) is 0 Å². The van der Waals surface area contributed by atoms with Crippen molar-refractivity contribution in [2.75, 3.05) is 6.54 Å². The molecule has 2 rings (SSSR count). The molecule has 1 aliphatic heterocycles. The van der Waals surface area contributed by atoms with Crippen LogP contribution in [0.2, 0.25) is 0 Å². The van der Waals surface area contributed by atoms with E-state index in [0.717, 1.165) is 18.2 Å². The van der Waals surface area contributed by atoms with Gasteiger partial charge in [0.15, 0.2) is 0 Å².